The predicted octanol–water partition coefficient (Wildman–Crippen LogP) is 3.60. The van der Waals surface area contributed by atoms with Crippen molar-refractivity contribution in [3.63, 3.8) is 0 Å². The van der Waals surface area contributed by atoms with Crippen LogP contribution in [0, 0.1) is 0 Å². The Hall–Kier alpha value is -3.60. The summed E-state index contributed by atoms with van der Waals surface area (Å²) in [7, 11) is 1.63. The van der Waals surface area contributed by atoms with Crippen LogP contribution in [0.25, 0.3) is 0 Å². The van der Waals surface area contributed by atoms with Crippen LogP contribution >= 0.6 is 0 Å². The van der Waals surface area contributed by atoms with Crippen LogP contribution in [0.5, 0.6) is 5.75 Å². The molecule has 0 spiro atoms. The fraction of sp³-hybridized carbons (Fsp3) is 0.167. The second kappa shape index (κ2) is 10.1. The summed E-state index contributed by atoms with van der Waals surface area (Å²) in [4.78, 5) is 24.5. The number of hydrogen-bond donors (Lipinski definition) is 2. The average Bonchev–Trinajstić information content (AvgIpc) is 2.78. The number of hydrogen-bond acceptors (Lipinski definition) is 3. The number of carbonyl (C=O) groups is 2. The van der Waals surface area contributed by atoms with Gasteiger partial charge in [0.05, 0.1) is 7.11 Å². The summed E-state index contributed by atoms with van der Waals surface area (Å²) in [6, 6.07) is 24.1. The molecule has 5 nitrogen and oxygen atoms in total. The van der Waals surface area contributed by atoms with Gasteiger partial charge in [0.1, 0.15) is 5.75 Å². The highest BCUT2D eigenvalue weighted by atomic mass is 16.5. The summed E-state index contributed by atoms with van der Waals surface area (Å²) >= 11 is 0. The van der Waals surface area contributed by atoms with E-state index < -0.39 is 0 Å². The van der Waals surface area contributed by atoms with Gasteiger partial charge in [0.2, 0.25) is 0 Å². The minimum absolute atomic E-state index is 0.158. The Balaban J connectivity index is 1.46. The van der Waals surface area contributed by atoms with Gasteiger partial charge in [0.25, 0.3) is 11.8 Å². The van der Waals surface area contributed by atoms with Crippen molar-refractivity contribution in [3.05, 3.63) is 101 Å². The molecule has 2 amide bonds. The maximum absolute atomic E-state index is 12.3. The Morgan fingerprint density at radius 2 is 1.31 bits per heavy atom. The van der Waals surface area contributed by atoms with Crippen molar-refractivity contribution in [1.29, 1.82) is 0 Å². The lowest BCUT2D eigenvalue weighted by Crippen LogP contribution is -2.26. The molecule has 0 radical (unpaired) electrons. The van der Waals surface area contributed by atoms with Crippen LogP contribution in [0.4, 0.5) is 0 Å². The monoisotopic (exact) mass is 388 g/mol. The van der Waals surface area contributed by atoms with Gasteiger partial charge < -0.3 is 15.4 Å². The highest BCUT2D eigenvalue weighted by molar-refractivity contribution is 5.97. The molecule has 0 unspecified atom stereocenters. The molecule has 2 N–H and O–H groups in total. The van der Waals surface area contributed by atoms with Gasteiger partial charge in [-0.15, -0.1) is 0 Å². The van der Waals surface area contributed by atoms with Gasteiger partial charge in [0, 0.05) is 24.2 Å². The second-order valence-corrected chi connectivity index (χ2v) is 6.60. The Kier molecular flexibility index (Phi) is 7.00. The van der Waals surface area contributed by atoms with Crippen LogP contribution in [0.3, 0.4) is 0 Å². The molecule has 0 saturated carbocycles. The quantitative estimate of drug-likeness (QED) is 0.620. The van der Waals surface area contributed by atoms with Gasteiger partial charge in [0.15, 0.2) is 0 Å². The number of amides is 2. The van der Waals surface area contributed by atoms with Crippen LogP contribution in [-0.4, -0.2) is 25.5 Å². The fourth-order valence-corrected chi connectivity index (χ4v) is 2.87. The van der Waals surface area contributed by atoms with Crippen molar-refractivity contribution in [3.8, 4) is 5.75 Å². The molecular formula is C24H24N2O3. The second-order valence-electron chi connectivity index (χ2n) is 6.60. The molecule has 3 aromatic rings. The standard InChI is InChI=1S/C24H24N2O3/c1-29-22-13-7-18(8-14-22)15-16-25-23(27)20-9-11-21(12-10-20)24(28)26-17-19-5-3-2-4-6-19/h2-14H,15-17H2,1H3,(H,25,27)(H,26,28). The zero-order valence-corrected chi connectivity index (χ0v) is 16.4. The third-order valence-corrected chi connectivity index (χ3v) is 4.56. The number of nitrogens with one attached hydrogen (secondary N) is 2. The normalized spacial score (nSPS) is 10.2. The van der Waals surface area contributed by atoms with E-state index in [0.29, 0.717) is 24.2 Å². The van der Waals surface area contributed by atoms with E-state index in [1.165, 1.54) is 0 Å². The summed E-state index contributed by atoms with van der Waals surface area (Å²) < 4.78 is 5.14. The number of ether oxygens (including phenoxy) is 1. The lowest BCUT2D eigenvalue weighted by molar-refractivity contribution is 0.0940. The van der Waals surface area contributed by atoms with Crippen LogP contribution in [-0.2, 0) is 13.0 Å². The van der Waals surface area contributed by atoms with Crippen LogP contribution in [0.1, 0.15) is 31.8 Å². The molecule has 3 rings (SSSR count). The largest absolute Gasteiger partial charge is 0.497 e. The molecule has 0 fully saturated rings. The molecule has 0 aliphatic carbocycles. The van der Waals surface area contributed by atoms with Gasteiger partial charge in [-0.05, 0) is 53.9 Å². The number of benzene rings is 3. The molecule has 0 bridgehead atoms. The molecule has 0 aliphatic rings. The molecular weight excluding hydrogens is 364 g/mol. The van der Waals surface area contributed by atoms with Gasteiger partial charge in [-0.25, -0.2) is 0 Å². The average molecular weight is 388 g/mol. The van der Waals surface area contributed by atoms with E-state index >= 15 is 0 Å². The van der Waals surface area contributed by atoms with Gasteiger partial charge in [-0.2, -0.15) is 0 Å². The van der Waals surface area contributed by atoms with E-state index in [1.54, 1.807) is 31.4 Å². The van der Waals surface area contributed by atoms with Gasteiger partial charge in [-0.3, -0.25) is 9.59 Å². The zero-order valence-electron chi connectivity index (χ0n) is 16.4. The first-order chi connectivity index (χ1) is 14.2. The smallest absolute Gasteiger partial charge is 0.251 e. The zero-order chi connectivity index (χ0) is 20.5. The maximum atomic E-state index is 12.3. The van der Waals surface area contributed by atoms with E-state index in [0.717, 1.165) is 23.3 Å². The molecule has 5 heteroatoms. The molecule has 148 valence electrons. The molecule has 0 aromatic heterocycles. The van der Waals surface area contributed by atoms with Gasteiger partial charge in [-0.1, -0.05) is 42.5 Å². The maximum Gasteiger partial charge on any atom is 0.251 e. The van der Waals surface area contributed by atoms with E-state index in [4.69, 9.17) is 4.74 Å². The van der Waals surface area contributed by atoms with Crippen molar-refractivity contribution in [2.75, 3.05) is 13.7 Å². The summed E-state index contributed by atoms with van der Waals surface area (Å²) in [6.07, 6.45) is 0.732. The lowest BCUT2D eigenvalue weighted by atomic mass is 10.1. The first-order valence-electron chi connectivity index (χ1n) is 9.49. The molecule has 29 heavy (non-hydrogen) atoms. The SMILES string of the molecule is COc1ccc(CCNC(=O)c2ccc(C(=O)NCc3ccccc3)cc2)cc1. The molecule has 0 atom stereocenters. The topological polar surface area (TPSA) is 67.4 Å². The lowest BCUT2D eigenvalue weighted by Gasteiger charge is -2.08. The Bertz CT molecular complexity index is 936. The number of rotatable bonds is 8. The first-order valence-corrected chi connectivity index (χ1v) is 9.49. The van der Waals surface area contributed by atoms with Crippen LogP contribution in [0.2, 0.25) is 0 Å². The predicted molar refractivity (Wildman–Crippen MR) is 113 cm³/mol. The minimum Gasteiger partial charge on any atom is -0.497 e. The third-order valence-electron chi connectivity index (χ3n) is 4.56. The Morgan fingerprint density at radius 3 is 1.90 bits per heavy atom. The molecule has 0 saturated heterocycles. The number of methoxy groups -OCH3 is 1. The fourth-order valence-electron chi connectivity index (χ4n) is 2.87. The van der Waals surface area contributed by atoms with E-state index in [-0.39, 0.29) is 11.8 Å². The van der Waals surface area contributed by atoms with Crippen molar-refractivity contribution in [2.24, 2.45) is 0 Å². The van der Waals surface area contributed by atoms with E-state index in [1.807, 2.05) is 54.6 Å². The van der Waals surface area contributed by atoms with Gasteiger partial charge >= 0.3 is 0 Å². The first kappa shape index (κ1) is 20.1. The van der Waals surface area contributed by atoms with Crippen molar-refractivity contribution >= 4 is 11.8 Å². The van der Waals surface area contributed by atoms with Crippen LogP contribution < -0.4 is 15.4 Å². The Labute approximate surface area is 170 Å². The summed E-state index contributed by atoms with van der Waals surface area (Å²) in [5.41, 5.74) is 3.21. The third kappa shape index (κ3) is 5.94. The summed E-state index contributed by atoms with van der Waals surface area (Å²) in [5, 5.41) is 5.78. The Morgan fingerprint density at radius 1 is 0.724 bits per heavy atom. The van der Waals surface area contributed by atoms with Crippen molar-refractivity contribution < 1.29 is 14.3 Å². The van der Waals surface area contributed by atoms with Crippen molar-refractivity contribution in [2.45, 2.75) is 13.0 Å². The van der Waals surface area contributed by atoms with E-state index in [2.05, 4.69) is 10.6 Å². The molecule has 3 aromatic carbocycles. The van der Waals surface area contributed by atoms with Crippen LogP contribution in [0.15, 0.2) is 78.9 Å². The molecule has 0 heterocycles. The number of carbonyl (C=O) groups excluding carboxylic acids is 2. The summed E-state index contributed by atoms with van der Waals surface area (Å²) in [6.45, 7) is 0.998. The summed E-state index contributed by atoms with van der Waals surface area (Å²) in [5.74, 6) is 0.487. The van der Waals surface area contributed by atoms with Crippen molar-refractivity contribution in [1.82, 2.24) is 10.6 Å². The minimum atomic E-state index is -0.166. The molecule has 0 aliphatic heterocycles. The highest BCUT2D eigenvalue weighted by Crippen LogP contribution is 2.11. The van der Waals surface area contributed by atoms with E-state index in [9.17, 15) is 9.59 Å². The highest BCUT2D eigenvalue weighted by Gasteiger charge is 2.09.